The fraction of sp³-hybridized carbons (Fsp3) is 0.615. The smallest absolute Gasteiger partial charge is 0.381 e. The summed E-state index contributed by atoms with van der Waals surface area (Å²) in [5.74, 6) is 1.07. The van der Waals surface area contributed by atoms with Crippen molar-refractivity contribution in [3.05, 3.63) is 40.7 Å². The molecule has 3 aliphatic rings. The molecule has 2 saturated heterocycles. The molecular weight excluding hydrogens is 460 g/mol. The van der Waals surface area contributed by atoms with Crippen LogP contribution in [-0.4, -0.2) is 54.0 Å². The summed E-state index contributed by atoms with van der Waals surface area (Å²) in [4.78, 5) is 2.53. The van der Waals surface area contributed by atoms with Crippen LogP contribution >= 0.6 is 0 Å². The van der Waals surface area contributed by atoms with E-state index in [1.54, 1.807) is 13.8 Å². The Morgan fingerprint density at radius 2 is 1.69 bits per heavy atom. The van der Waals surface area contributed by atoms with Crippen molar-refractivity contribution < 1.29 is 22.3 Å². The van der Waals surface area contributed by atoms with E-state index < -0.39 is 17.6 Å². The Labute approximate surface area is 203 Å². The van der Waals surface area contributed by atoms with Crippen molar-refractivity contribution in [2.24, 2.45) is 17.8 Å². The number of benzene rings is 1. The highest BCUT2D eigenvalue weighted by molar-refractivity contribution is 5.66. The van der Waals surface area contributed by atoms with Crippen molar-refractivity contribution in [1.29, 1.82) is 0 Å². The highest BCUT2D eigenvalue weighted by atomic mass is 19.4. The van der Waals surface area contributed by atoms with Crippen LogP contribution in [0.1, 0.15) is 42.4 Å². The van der Waals surface area contributed by atoms with Crippen molar-refractivity contribution >= 4 is 5.82 Å². The highest BCUT2D eigenvalue weighted by Gasteiger charge is 2.43. The van der Waals surface area contributed by atoms with E-state index >= 15 is 0 Å². The van der Waals surface area contributed by atoms with Gasteiger partial charge in [-0.1, -0.05) is 0 Å². The van der Waals surface area contributed by atoms with Gasteiger partial charge in [-0.15, -0.1) is 10.2 Å². The molecule has 5 nitrogen and oxygen atoms in total. The Morgan fingerprint density at radius 3 is 2.34 bits per heavy atom. The number of aromatic nitrogens is 2. The molecule has 1 aromatic carbocycles. The van der Waals surface area contributed by atoms with E-state index in [9.17, 15) is 17.6 Å². The van der Waals surface area contributed by atoms with Crippen molar-refractivity contribution in [3.63, 3.8) is 0 Å². The van der Waals surface area contributed by atoms with Gasteiger partial charge in [0.25, 0.3) is 0 Å². The van der Waals surface area contributed by atoms with E-state index in [0.717, 1.165) is 64.6 Å². The van der Waals surface area contributed by atoms with Crippen LogP contribution in [0.3, 0.4) is 0 Å². The molecule has 3 fully saturated rings. The lowest BCUT2D eigenvalue weighted by Crippen LogP contribution is -2.32. The second kappa shape index (κ2) is 9.65. The molecule has 35 heavy (non-hydrogen) atoms. The van der Waals surface area contributed by atoms with Gasteiger partial charge >= 0.3 is 6.18 Å². The van der Waals surface area contributed by atoms with Gasteiger partial charge in [0.2, 0.25) is 0 Å². The normalized spacial score (nSPS) is 25.7. The molecule has 190 valence electrons. The Morgan fingerprint density at radius 1 is 1.00 bits per heavy atom. The number of hydrogen-bond acceptors (Lipinski definition) is 5. The molecule has 1 unspecified atom stereocenters. The summed E-state index contributed by atoms with van der Waals surface area (Å²) in [6.07, 6.45) is -0.674. The molecule has 0 bridgehead atoms. The van der Waals surface area contributed by atoms with Gasteiger partial charge < -0.3 is 15.0 Å². The van der Waals surface area contributed by atoms with Crippen molar-refractivity contribution in [3.8, 4) is 11.3 Å². The Kier molecular flexibility index (Phi) is 6.74. The lowest BCUT2D eigenvalue weighted by Gasteiger charge is -2.28. The van der Waals surface area contributed by atoms with Crippen LogP contribution in [0.5, 0.6) is 0 Å². The standard InChI is InChI=1S/C26H32F4N4O/c1-15-8-23(27)16(2)7-21(15)24-11-22(26(28,29)30)25(33-32-24)31-20-9-18-13-34(14-19(18)10-20)12-17-3-5-35-6-4-17/h7-8,11,17-20H,3-6,9-10,12-14H2,1-2H3,(H,31,33)/t18-,19+,20?. The number of halogens is 4. The summed E-state index contributed by atoms with van der Waals surface area (Å²) in [5, 5.41) is 11.1. The summed E-state index contributed by atoms with van der Waals surface area (Å²) in [7, 11) is 0. The third-order valence-electron chi connectivity index (χ3n) is 7.91. The Balaban J connectivity index is 1.27. The summed E-state index contributed by atoms with van der Waals surface area (Å²) >= 11 is 0. The minimum absolute atomic E-state index is 0.0497. The lowest BCUT2D eigenvalue weighted by atomic mass is 10.00. The van der Waals surface area contributed by atoms with E-state index in [1.807, 2.05) is 0 Å². The first-order valence-electron chi connectivity index (χ1n) is 12.5. The first-order valence-corrected chi connectivity index (χ1v) is 12.5. The van der Waals surface area contributed by atoms with Crippen LogP contribution in [0.25, 0.3) is 11.3 Å². The molecule has 1 saturated carbocycles. The van der Waals surface area contributed by atoms with Gasteiger partial charge in [-0.2, -0.15) is 13.2 Å². The molecule has 0 spiro atoms. The van der Waals surface area contributed by atoms with Crippen molar-refractivity contribution in [2.45, 2.75) is 51.7 Å². The third-order valence-corrected chi connectivity index (χ3v) is 7.91. The molecule has 0 radical (unpaired) electrons. The van der Waals surface area contributed by atoms with Crippen molar-refractivity contribution in [2.75, 3.05) is 38.2 Å². The largest absolute Gasteiger partial charge is 0.420 e. The maximum atomic E-state index is 14.0. The second-order valence-corrected chi connectivity index (χ2v) is 10.5. The summed E-state index contributed by atoms with van der Waals surface area (Å²) in [6, 6.07) is 3.81. The van der Waals surface area contributed by atoms with E-state index in [-0.39, 0.29) is 17.6 Å². The average molecular weight is 493 g/mol. The number of aryl methyl sites for hydroxylation is 2. The SMILES string of the molecule is Cc1cc(-c2cc(C(F)(F)F)c(NC3C[C@@H]4CN(CC5CCOCC5)C[C@@H]4C3)nn2)c(C)cc1F. The topological polar surface area (TPSA) is 50.3 Å². The molecule has 1 N–H and O–H groups in total. The first-order chi connectivity index (χ1) is 16.7. The zero-order valence-corrected chi connectivity index (χ0v) is 20.2. The molecule has 3 heterocycles. The number of nitrogens with zero attached hydrogens (tertiary/aromatic N) is 3. The molecule has 0 amide bonds. The number of fused-ring (bicyclic) bond motifs is 1. The maximum Gasteiger partial charge on any atom is 0.420 e. The Hall–Kier alpha value is -2.26. The number of rotatable bonds is 5. The molecule has 5 rings (SSSR count). The molecule has 3 atom stereocenters. The molecule has 1 aromatic heterocycles. The van der Waals surface area contributed by atoms with Crippen LogP contribution in [0, 0.1) is 37.4 Å². The van der Waals surface area contributed by atoms with Gasteiger partial charge in [0.1, 0.15) is 11.4 Å². The zero-order valence-electron chi connectivity index (χ0n) is 20.2. The van der Waals surface area contributed by atoms with Gasteiger partial charge in [-0.25, -0.2) is 4.39 Å². The fourth-order valence-electron chi connectivity index (χ4n) is 6.05. The monoisotopic (exact) mass is 492 g/mol. The number of anilines is 1. The second-order valence-electron chi connectivity index (χ2n) is 10.5. The third kappa shape index (κ3) is 5.31. The van der Waals surface area contributed by atoms with E-state index in [0.29, 0.717) is 34.4 Å². The predicted molar refractivity (Wildman–Crippen MR) is 126 cm³/mol. The molecule has 9 heteroatoms. The number of ether oxygens (including phenoxy) is 1. The lowest BCUT2D eigenvalue weighted by molar-refractivity contribution is -0.137. The van der Waals surface area contributed by atoms with Crippen LogP contribution in [-0.2, 0) is 10.9 Å². The summed E-state index contributed by atoms with van der Waals surface area (Å²) in [5.41, 5.74) is 0.586. The van der Waals surface area contributed by atoms with Crippen molar-refractivity contribution in [1.82, 2.24) is 15.1 Å². The van der Waals surface area contributed by atoms with E-state index in [1.165, 1.54) is 12.1 Å². The number of alkyl halides is 3. The number of hydrogen-bond donors (Lipinski definition) is 1. The molecule has 2 aliphatic heterocycles. The summed E-state index contributed by atoms with van der Waals surface area (Å²) < 4.78 is 61.2. The predicted octanol–water partition coefficient (Wildman–Crippen LogP) is 5.47. The van der Waals surface area contributed by atoms with Gasteiger partial charge in [0.05, 0.1) is 5.69 Å². The van der Waals surface area contributed by atoms with Gasteiger partial charge in [0.15, 0.2) is 5.82 Å². The number of nitrogens with one attached hydrogen (secondary N) is 1. The maximum absolute atomic E-state index is 14.0. The van der Waals surface area contributed by atoms with Gasteiger partial charge in [-0.3, -0.25) is 0 Å². The minimum atomic E-state index is -4.58. The molecular formula is C26H32F4N4O. The van der Waals surface area contributed by atoms with Gasteiger partial charge in [0, 0.05) is 44.5 Å². The molecule has 2 aromatic rings. The average Bonchev–Trinajstić information content (AvgIpc) is 3.34. The summed E-state index contributed by atoms with van der Waals surface area (Å²) in [6.45, 7) is 8.05. The van der Waals surface area contributed by atoms with Crippen LogP contribution in [0.15, 0.2) is 18.2 Å². The van der Waals surface area contributed by atoms with E-state index in [4.69, 9.17) is 4.74 Å². The zero-order chi connectivity index (χ0) is 24.7. The fourth-order valence-corrected chi connectivity index (χ4v) is 6.05. The van der Waals surface area contributed by atoms with Crippen LogP contribution in [0.2, 0.25) is 0 Å². The number of likely N-dealkylation sites (tertiary alicyclic amines) is 1. The minimum Gasteiger partial charge on any atom is -0.381 e. The van der Waals surface area contributed by atoms with E-state index in [2.05, 4.69) is 20.4 Å². The van der Waals surface area contributed by atoms with Crippen LogP contribution in [0.4, 0.5) is 23.4 Å². The van der Waals surface area contributed by atoms with Crippen LogP contribution < -0.4 is 5.32 Å². The highest BCUT2D eigenvalue weighted by Crippen LogP contribution is 2.42. The van der Waals surface area contributed by atoms with Gasteiger partial charge in [-0.05, 0) is 86.6 Å². The Bertz CT molecular complexity index is 1060. The first kappa shape index (κ1) is 24.4. The quantitative estimate of drug-likeness (QED) is 0.562. The molecule has 1 aliphatic carbocycles.